The number of nitrogens with two attached hydrogens (primary N) is 1. The van der Waals surface area contributed by atoms with E-state index in [2.05, 4.69) is 4.98 Å². The number of hydrogen-bond donors (Lipinski definition) is 1. The van der Waals surface area contributed by atoms with Gasteiger partial charge in [-0.25, -0.2) is 0 Å². The number of nitrogens with zero attached hydrogens (tertiary/aromatic N) is 2. The van der Waals surface area contributed by atoms with Crippen LogP contribution in [0.15, 0.2) is 36.5 Å². The summed E-state index contributed by atoms with van der Waals surface area (Å²) < 4.78 is 0. The number of fused-ring (bicyclic) bond motifs is 1. The normalized spacial score (nSPS) is 13.7. The van der Waals surface area contributed by atoms with Crippen molar-refractivity contribution in [2.75, 3.05) is 5.73 Å². The second-order valence-electron chi connectivity index (χ2n) is 4.84. The Morgan fingerprint density at radius 1 is 1.37 bits per heavy atom. The molecule has 1 aliphatic rings. The number of pyridine rings is 1. The van der Waals surface area contributed by atoms with Crippen molar-refractivity contribution < 1.29 is 4.79 Å². The maximum absolute atomic E-state index is 12.3. The standard InChI is InChI=1S/C15H15N3O/c1-10-3-2-6-17-14(10)9-18-8-11-4-5-12(16)7-13(11)15(18)19/h2-7H,8-9,16H2,1H3. The lowest BCUT2D eigenvalue weighted by molar-refractivity contribution is 0.0764. The highest BCUT2D eigenvalue weighted by molar-refractivity contribution is 5.99. The molecule has 1 aromatic carbocycles. The zero-order valence-electron chi connectivity index (χ0n) is 10.8. The van der Waals surface area contributed by atoms with Crippen molar-refractivity contribution in [3.05, 3.63) is 58.9 Å². The summed E-state index contributed by atoms with van der Waals surface area (Å²) in [6, 6.07) is 9.42. The van der Waals surface area contributed by atoms with Crippen molar-refractivity contribution in [3.8, 4) is 0 Å². The highest BCUT2D eigenvalue weighted by atomic mass is 16.2. The average Bonchev–Trinajstić information content (AvgIpc) is 2.70. The van der Waals surface area contributed by atoms with Gasteiger partial charge >= 0.3 is 0 Å². The van der Waals surface area contributed by atoms with Crippen LogP contribution in [0.4, 0.5) is 5.69 Å². The van der Waals surface area contributed by atoms with Gasteiger partial charge in [-0.2, -0.15) is 0 Å². The summed E-state index contributed by atoms with van der Waals surface area (Å²) in [6.07, 6.45) is 1.76. The predicted octanol–water partition coefficient (Wildman–Crippen LogP) is 2.13. The first-order valence-corrected chi connectivity index (χ1v) is 6.23. The molecule has 2 N–H and O–H groups in total. The third kappa shape index (κ3) is 2.05. The van der Waals surface area contributed by atoms with E-state index in [4.69, 9.17) is 5.73 Å². The number of nitrogen functional groups attached to an aromatic ring is 1. The van der Waals surface area contributed by atoms with Gasteiger partial charge in [-0.1, -0.05) is 12.1 Å². The first kappa shape index (κ1) is 11.7. The summed E-state index contributed by atoms with van der Waals surface area (Å²) in [5.74, 6) is 0.0346. The van der Waals surface area contributed by atoms with E-state index in [0.29, 0.717) is 24.3 Å². The molecule has 0 saturated carbocycles. The molecule has 0 fully saturated rings. The first-order chi connectivity index (χ1) is 9.15. The van der Waals surface area contributed by atoms with Crippen molar-refractivity contribution in [3.63, 3.8) is 0 Å². The molecule has 0 spiro atoms. The van der Waals surface area contributed by atoms with Crippen LogP contribution in [0.25, 0.3) is 0 Å². The highest BCUT2D eigenvalue weighted by Gasteiger charge is 2.27. The molecule has 1 aromatic heterocycles. The van der Waals surface area contributed by atoms with Crippen LogP contribution in [-0.4, -0.2) is 15.8 Å². The molecule has 3 rings (SSSR count). The van der Waals surface area contributed by atoms with Gasteiger partial charge in [-0.05, 0) is 36.2 Å². The molecule has 0 atom stereocenters. The zero-order chi connectivity index (χ0) is 13.4. The quantitative estimate of drug-likeness (QED) is 0.834. The molecule has 96 valence electrons. The second kappa shape index (κ2) is 4.39. The molecule has 0 aliphatic carbocycles. The van der Waals surface area contributed by atoms with Crippen molar-refractivity contribution in [2.45, 2.75) is 20.0 Å². The maximum atomic E-state index is 12.3. The Kier molecular flexibility index (Phi) is 2.71. The van der Waals surface area contributed by atoms with Crippen LogP contribution in [0.3, 0.4) is 0 Å². The van der Waals surface area contributed by atoms with Gasteiger partial charge < -0.3 is 10.6 Å². The van der Waals surface area contributed by atoms with Crippen LogP contribution >= 0.6 is 0 Å². The minimum absolute atomic E-state index is 0.0346. The Balaban J connectivity index is 1.87. The molecule has 0 saturated heterocycles. The Bertz CT molecular complexity index is 652. The van der Waals surface area contributed by atoms with Gasteiger partial charge in [0, 0.05) is 24.0 Å². The number of benzene rings is 1. The Morgan fingerprint density at radius 2 is 2.21 bits per heavy atom. The van der Waals surface area contributed by atoms with Gasteiger partial charge in [0.1, 0.15) is 0 Å². The molecule has 4 nitrogen and oxygen atoms in total. The average molecular weight is 253 g/mol. The monoisotopic (exact) mass is 253 g/mol. The third-order valence-corrected chi connectivity index (χ3v) is 3.47. The number of amides is 1. The van der Waals surface area contributed by atoms with Crippen LogP contribution in [-0.2, 0) is 13.1 Å². The third-order valence-electron chi connectivity index (χ3n) is 3.47. The molecule has 1 aliphatic heterocycles. The lowest BCUT2D eigenvalue weighted by atomic mass is 10.1. The molecule has 0 radical (unpaired) electrons. The molecule has 2 heterocycles. The Hall–Kier alpha value is -2.36. The minimum Gasteiger partial charge on any atom is -0.399 e. The number of rotatable bonds is 2. The van der Waals surface area contributed by atoms with E-state index in [0.717, 1.165) is 16.8 Å². The van der Waals surface area contributed by atoms with Crippen LogP contribution < -0.4 is 5.73 Å². The molecule has 0 unspecified atom stereocenters. The van der Waals surface area contributed by atoms with E-state index < -0.39 is 0 Å². The fourth-order valence-corrected chi connectivity index (χ4v) is 2.37. The van der Waals surface area contributed by atoms with Crippen molar-refractivity contribution in [1.29, 1.82) is 0 Å². The van der Waals surface area contributed by atoms with E-state index >= 15 is 0 Å². The van der Waals surface area contributed by atoms with Gasteiger partial charge in [0.05, 0.1) is 12.2 Å². The number of aromatic nitrogens is 1. The second-order valence-corrected chi connectivity index (χ2v) is 4.84. The van der Waals surface area contributed by atoms with Crippen molar-refractivity contribution in [2.24, 2.45) is 0 Å². The van der Waals surface area contributed by atoms with Crippen LogP contribution in [0, 0.1) is 6.92 Å². The fourth-order valence-electron chi connectivity index (χ4n) is 2.37. The largest absolute Gasteiger partial charge is 0.399 e. The Morgan fingerprint density at radius 3 is 3.00 bits per heavy atom. The van der Waals surface area contributed by atoms with E-state index in [1.165, 1.54) is 0 Å². The molecular formula is C15H15N3O. The van der Waals surface area contributed by atoms with E-state index in [-0.39, 0.29) is 5.91 Å². The summed E-state index contributed by atoms with van der Waals surface area (Å²) in [4.78, 5) is 18.5. The van der Waals surface area contributed by atoms with Crippen molar-refractivity contribution in [1.82, 2.24) is 9.88 Å². The van der Waals surface area contributed by atoms with Gasteiger partial charge in [0.2, 0.25) is 0 Å². The molecule has 0 bridgehead atoms. The smallest absolute Gasteiger partial charge is 0.254 e. The molecule has 19 heavy (non-hydrogen) atoms. The minimum atomic E-state index is 0.0346. The summed E-state index contributed by atoms with van der Waals surface area (Å²) in [7, 11) is 0. The van der Waals surface area contributed by atoms with Crippen LogP contribution in [0.1, 0.15) is 27.2 Å². The highest BCUT2D eigenvalue weighted by Crippen LogP contribution is 2.26. The SMILES string of the molecule is Cc1cccnc1CN1Cc2ccc(N)cc2C1=O. The summed E-state index contributed by atoms with van der Waals surface area (Å²) in [5, 5.41) is 0. The first-order valence-electron chi connectivity index (χ1n) is 6.23. The fraction of sp³-hybridized carbons (Fsp3) is 0.200. The molecule has 1 amide bonds. The molecule has 2 aromatic rings. The Labute approximate surface area is 111 Å². The number of carbonyl (C=O) groups is 1. The van der Waals surface area contributed by atoms with Gasteiger partial charge in [-0.3, -0.25) is 9.78 Å². The number of carbonyl (C=O) groups excluding carboxylic acids is 1. The molecular weight excluding hydrogens is 238 g/mol. The lowest BCUT2D eigenvalue weighted by Gasteiger charge is -2.16. The van der Waals surface area contributed by atoms with E-state index in [1.807, 2.05) is 31.2 Å². The van der Waals surface area contributed by atoms with Crippen LogP contribution in [0.2, 0.25) is 0 Å². The summed E-state index contributed by atoms with van der Waals surface area (Å²) in [6.45, 7) is 3.18. The topological polar surface area (TPSA) is 59.2 Å². The van der Waals surface area contributed by atoms with Crippen molar-refractivity contribution >= 4 is 11.6 Å². The predicted molar refractivity (Wildman–Crippen MR) is 73.4 cm³/mol. The number of aryl methyl sites for hydroxylation is 1. The van der Waals surface area contributed by atoms with Gasteiger partial charge in [0.15, 0.2) is 0 Å². The number of hydrogen-bond acceptors (Lipinski definition) is 3. The van der Waals surface area contributed by atoms with Crippen LogP contribution in [0.5, 0.6) is 0 Å². The summed E-state index contributed by atoms with van der Waals surface area (Å²) in [5.41, 5.74) is 10.2. The van der Waals surface area contributed by atoms with E-state index in [9.17, 15) is 4.79 Å². The number of anilines is 1. The summed E-state index contributed by atoms with van der Waals surface area (Å²) >= 11 is 0. The zero-order valence-corrected chi connectivity index (χ0v) is 10.8. The molecule has 4 heteroatoms. The van der Waals surface area contributed by atoms with Gasteiger partial charge in [-0.15, -0.1) is 0 Å². The van der Waals surface area contributed by atoms with E-state index in [1.54, 1.807) is 17.2 Å². The van der Waals surface area contributed by atoms with Gasteiger partial charge in [0.25, 0.3) is 5.91 Å². The maximum Gasteiger partial charge on any atom is 0.254 e. The lowest BCUT2D eigenvalue weighted by Crippen LogP contribution is -2.24.